The number of rotatable bonds is 19. The van der Waals surface area contributed by atoms with Gasteiger partial charge in [-0.2, -0.15) is 0 Å². The Morgan fingerprint density at radius 2 is 1.64 bits per heavy atom. The molecule has 0 bridgehead atoms. The summed E-state index contributed by atoms with van der Waals surface area (Å²) in [4.78, 5) is 67.2. The number of nitrogens with zero attached hydrogens (tertiary/aromatic N) is 1. The molecule has 0 saturated heterocycles. The molecule has 258 valence electrons. The lowest BCUT2D eigenvalue weighted by atomic mass is 9.89. The van der Waals surface area contributed by atoms with E-state index < -0.39 is 58.6 Å². The summed E-state index contributed by atoms with van der Waals surface area (Å²) < 4.78 is 16.3. The van der Waals surface area contributed by atoms with Gasteiger partial charge < -0.3 is 31.5 Å². The molecule has 14 heteroatoms. The van der Waals surface area contributed by atoms with E-state index in [1.807, 2.05) is 0 Å². The average Bonchev–Trinajstić information content (AvgIpc) is 3.05. The fourth-order valence-electron chi connectivity index (χ4n) is 5.00. The normalized spacial score (nSPS) is 14.1. The van der Waals surface area contributed by atoms with E-state index in [0.717, 1.165) is 0 Å². The molecule has 2 rings (SSSR count). The van der Waals surface area contributed by atoms with Crippen molar-refractivity contribution in [3.63, 3.8) is 0 Å². The van der Waals surface area contributed by atoms with Crippen LogP contribution in [0.15, 0.2) is 54.6 Å². The van der Waals surface area contributed by atoms with E-state index in [-0.39, 0.29) is 49.7 Å². The van der Waals surface area contributed by atoms with Gasteiger partial charge in [0.2, 0.25) is 23.6 Å². The molecule has 0 aliphatic rings. The molecule has 4 atom stereocenters. The fourth-order valence-corrected chi connectivity index (χ4v) is 5.59. The Balaban J connectivity index is 2.54. The standard InChI is InChI=1S/C33H47N5O8S/c1-33(37-28(40)22-34,21-24-13-15-25(39)16-14-24)32(44)38(18-9-5-8-12-29(41)46-2)27(20-23-10-6-4-7-11-23)31(43)36-30(42)26(35)17-19-47(3)45/h4,6-7,10-11,13-16,26-27,39H,5,8-9,12,17-22,34-35H2,1-3H3,(H,37,40)(H,36,42,43)/t26?,27-,33-,47?/m0/s1. The van der Waals surface area contributed by atoms with Crippen molar-refractivity contribution in [1.29, 1.82) is 0 Å². The van der Waals surface area contributed by atoms with Crippen LogP contribution >= 0.6 is 0 Å². The van der Waals surface area contributed by atoms with Crippen molar-refractivity contribution in [2.24, 2.45) is 11.5 Å². The lowest BCUT2D eigenvalue weighted by Gasteiger charge is -2.39. The highest BCUT2D eigenvalue weighted by molar-refractivity contribution is 7.84. The molecule has 2 aromatic rings. The molecular formula is C33H47N5O8S. The average molecular weight is 674 g/mol. The Kier molecular flexibility index (Phi) is 16.2. The third kappa shape index (κ3) is 13.2. The minimum absolute atomic E-state index is 0.00562. The van der Waals surface area contributed by atoms with Crippen LogP contribution in [-0.2, 0) is 52.4 Å². The summed E-state index contributed by atoms with van der Waals surface area (Å²) in [6.45, 7) is 1.18. The van der Waals surface area contributed by atoms with Gasteiger partial charge in [-0.3, -0.25) is 33.5 Å². The number of phenols is 1. The zero-order valence-electron chi connectivity index (χ0n) is 27.2. The number of ether oxygens (including phenoxy) is 1. The van der Waals surface area contributed by atoms with Crippen LogP contribution in [0.25, 0.3) is 0 Å². The van der Waals surface area contributed by atoms with Crippen LogP contribution < -0.4 is 22.1 Å². The second-order valence-corrected chi connectivity index (χ2v) is 13.1. The summed E-state index contributed by atoms with van der Waals surface area (Å²) in [5.41, 5.74) is 11.3. The number of nitrogens with one attached hydrogen (secondary N) is 2. The number of benzene rings is 2. The number of methoxy groups -OCH3 is 1. The number of phenolic OH excluding ortho intramolecular Hbond substituents is 1. The molecule has 2 unspecified atom stereocenters. The number of esters is 1. The van der Waals surface area contributed by atoms with Crippen LogP contribution in [0.1, 0.15) is 50.2 Å². The second-order valence-electron chi connectivity index (χ2n) is 11.5. The van der Waals surface area contributed by atoms with E-state index in [2.05, 4.69) is 10.6 Å². The van der Waals surface area contributed by atoms with Crippen LogP contribution in [0, 0.1) is 0 Å². The van der Waals surface area contributed by atoms with Gasteiger partial charge in [-0.1, -0.05) is 48.9 Å². The maximum absolute atomic E-state index is 14.7. The molecule has 0 saturated carbocycles. The fraction of sp³-hybridized carbons (Fsp3) is 0.485. The summed E-state index contributed by atoms with van der Waals surface area (Å²) in [7, 11) is 0.108. The van der Waals surface area contributed by atoms with Crippen molar-refractivity contribution in [3.8, 4) is 5.75 Å². The van der Waals surface area contributed by atoms with E-state index >= 15 is 0 Å². The lowest BCUT2D eigenvalue weighted by Crippen LogP contribution is -2.64. The minimum Gasteiger partial charge on any atom is -0.508 e. The first-order valence-electron chi connectivity index (χ1n) is 15.4. The Hall–Kier alpha value is -4.14. The SMILES string of the molecule is COC(=O)CCCCCN(C(=O)[C@](C)(Cc1ccc(O)cc1)NC(=O)CN)[C@@H](Cc1ccccc1)C(=O)NC(=O)C(N)CCS(C)=O. The molecular weight excluding hydrogens is 626 g/mol. The molecule has 0 fully saturated rings. The molecule has 0 radical (unpaired) electrons. The maximum Gasteiger partial charge on any atom is 0.305 e. The van der Waals surface area contributed by atoms with Gasteiger partial charge in [0, 0.05) is 48.6 Å². The van der Waals surface area contributed by atoms with Crippen LogP contribution in [0.5, 0.6) is 5.75 Å². The molecule has 0 aromatic heterocycles. The van der Waals surface area contributed by atoms with Crippen LogP contribution in [-0.4, -0.2) is 93.6 Å². The van der Waals surface area contributed by atoms with Crippen molar-refractivity contribution in [2.75, 3.05) is 32.2 Å². The molecule has 0 aliphatic carbocycles. The quantitative estimate of drug-likeness (QED) is 0.104. The molecule has 4 amide bonds. The highest BCUT2D eigenvalue weighted by Crippen LogP contribution is 2.23. The third-order valence-electron chi connectivity index (χ3n) is 7.59. The summed E-state index contributed by atoms with van der Waals surface area (Å²) in [6.07, 6.45) is 3.15. The van der Waals surface area contributed by atoms with Crippen molar-refractivity contribution in [3.05, 3.63) is 65.7 Å². The number of hydrogen-bond acceptors (Lipinski definition) is 10. The van der Waals surface area contributed by atoms with Gasteiger partial charge in [0.25, 0.3) is 0 Å². The smallest absolute Gasteiger partial charge is 0.305 e. The Labute approximate surface area is 278 Å². The van der Waals surface area contributed by atoms with Crippen molar-refractivity contribution in [2.45, 2.75) is 69.5 Å². The van der Waals surface area contributed by atoms with Gasteiger partial charge in [0.15, 0.2) is 0 Å². The van der Waals surface area contributed by atoms with E-state index in [9.17, 15) is 33.3 Å². The van der Waals surface area contributed by atoms with Crippen molar-refractivity contribution in [1.82, 2.24) is 15.5 Å². The molecule has 0 spiro atoms. The van der Waals surface area contributed by atoms with Crippen LogP contribution in [0.2, 0.25) is 0 Å². The van der Waals surface area contributed by atoms with Crippen molar-refractivity contribution < 1.29 is 38.0 Å². The first-order chi connectivity index (χ1) is 22.3. The number of imide groups is 1. The van der Waals surface area contributed by atoms with E-state index in [0.29, 0.717) is 30.4 Å². The predicted molar refractivity (Wildman–Crippen MR) is 178 cm³/mol. The summed E-state index contributed by atoms with van der Waals surface area (Å²) in [5.74, 6) is -2.92. The highest BCUT2D eigenvalue weighted by Gasteiger charge is 2.42. The minimum atomic E-state index is -1.60. The van der Waals surface area contributed by atoms with E-state index in [1.165, 1.54) is 37.3 Å². The zero-order chi connectivity index (χ0) is 35.0. The van der Waals surface area contributed by atoms with E-state index in [1.54, 1.807) is 42.5 Å². The molecule has 47 heavy (non-hydrogen) atoms. The summed E-state index contributed by atoms with van der Waals surface area (Å²) >= 11 is 0. The number of aromatic hydroxyl groups is 1. The third-order valence-corrected chi connectivity index (χ3v) is 8.40. The number of hydrogen-bond donors (Lipinski definition) is 5. The maximum atomic E-state index is 14.7. The highest BCUT2D eigenvalue weighted by atomic mass is 32.2. The first kappa shape index (κ1) is 39.0. The van der Waals surface area contributed by atoms with Gasteiger partial charge in [-0.25, -0.2) is 0 Å². The molecule has 0 aliphatic heterocycles. The largest absolute Gasteiger partial charge is 0.508 e. The monoisotopic (exact) mass is 673 g/mol. The van der Waals surface area contributed by atoms with Gasteiger partial charge >= 0.3 is 5.97 Å². The van der Waals surface area contributed by atoms with Gasteiger partial charge in [-0.15, -0.1) is 0 Å². The Bertz CT molecular complexity index is 1370. The van der Waals surface area contributed by atoms with Gasteiger partial charge in [0.1, 0.15) is 17.3 Å². The summed E-state index contributed by atoms with van der Waals surface area (Å²) in [6, 6.07) is 12.8. The van der Waals surface area contributed by atoms with Crippen molar-refractivity contribution >= 4 is 40.4 Å². The second kappa shape index (κ2) is 19.5. The molecule has 13 nitrogen and oxygen atoms in total. The number of carbonyl (C=O) groups is 5. The van der Waals surface area contributed by atoms with Crippen LogP contribution in [0.4, 0.5) is 0 Å². The number of nitrogens with two attached hydrogens (primary N) is 2. The Morgan fingerprint density at radius 1 is 0.979 bits per heavy atom. The first-order valence-corrected chi connectivity index (χ1v) is 17.1. The van der Waals surface area contributed by atoms with E-state index in [4.69, 9.17) is 16.2 Å². The summed E-state index contributed by atoms with van der Waals surface area (Å²) in [5, 5.41) is 14.9. The molecule has 0 heterocycles. The Morgan fingerprint density at radius 3 is 2.23 bits per heavy atom. The number of amides is 4. The number of unbranched alkanes of at least 4 members (excludes halogenated alkanes) is 2. The van der Waals surface area contributed by atoms with Gasteiger partial charge in [0.05, 0.1) is 19.7 Å². The van der Waals surface area contributed by atoms with Gasteiger partial charge in [-0.05, 0) is 49.4 Å². The topological polar surface area (TPSA) is 211 Å². The molecule has 7 N–H and O–H groups in total. The lowest BCUT2D eigenvalue weighted by molar-refractivity contribution is -0.148. The van der Waals surface area contributed by atoms with Crippen LogP contribution in [0.3, 0.4) is 0 Å². The molecule has 2 aromatic carbocycles. The predicted octanol–water partition coefficient (Wildman–Crippen LogP) is 0.680. The number of carbonyl (C=O) groups excluding carboxylic acids is 5. The zero-order valence-corrected chi connectivity index (χ0v) is 28.1.